The average Bonchev–Trinajstić information content (AvgIpc) is 2.72. The molecule has 0 amide bonds. The zero-order valence-electron chi connectivity index (χ0n) is 13.1. The van der Waals surface area contributed by atoms with Gasteiger partial charge in [0.1, 0.15) is 11.8 Å². The van der Waals surface area contributed by atoms with E-state index >= 15 is 0 Å². The number of nitrogens with two attached hydrogens (primary N) is 1. The number of nitrogen functional groups attached to an aromatic ring is 1. The second-order valence-electron chi connectivity index (χ2n) is 6.05. The minimum absolute atomic E-state index is 0.622. The summed E-state index contributed by atoms with van der Waals surface area (Å²) in [6, 6.07) is 12.4. The van der Waals surface area contributed by atoms with Crippen LogP contribution in [0.1, 0.15) is 42.8 Å². The van der Waals surface area contributed by atoms with Gasteiger partial charge in [0, 0.05) is 12.2 Å². The predicted octanol–water partition coefficient (Wildman–Crippen LogP) is 3.89. The van der Waals surface area contributed by atoms with E-state index in [2.05, 4.69) is 55.7 Å². The van der Waals surface area contributed by atoms with Gasteiger partial charge in [-0.1, -0.05) is 43.7 Å². The molecule has 2 N–H and O–H groups in total. The first-order valence-corrected chi connectivity index (χ1v) is 7.44. The van der Waals surface area contributed by atoms with Crippen molar-refractivity contribution in [2.75, 3.05) is 5.73 Å². The highest BCUT2D eigenvalue weighted by Crippen LogP contribution is 2.23. The molecule has 3 nitrogen and oxygen atoms in total. The van der Waals surface area contributed by atoms with Gasteiger partial charge in [0.25, 0.3) is 0 Å². The monoisotopic (exact) mass is 281 g/mol. The van der Waals surface area contributed by atoms with Gasteiger partial charge < -0.3 is 10.3 Å². The van der Waals surface area contributed by atoms with Crippen molar-refractivity contribution in [2.45, 2.75) is 40.2 Å². The third-order valence-corrected chi connectivity index (χ3v) is 3.74. The lowest BCUT2D eigenvalue weighted by atomic mass is 10.1. The molecule has 0 bridgehead atoms. The van der Waals surface area contributed by atoms with Crippen LogP contribution in [-0.4, -0.2) is 4.57 Å². The van der Waals surface area contributed by atoms with Gasteiger partial charge >= 0.3 is 0 Å². The molecule has 0 aliphatic carbocycles. The van der Waals surface area contributed by atoms with Crippen LogP contribution in [0.3, 0.4) is 0 Å². The van der Waals surface area contributed by atoms with Crippen LogP contribution in [0.4, 0.5) is 5.69 Å². The fraction of sp³-hybridized carbons (Fsp3) is 0.389. The van der Waals surface area contributed by atoms with Crippen LogP contribution in [0.5, 0.6) is 0 Å². The topological polar surface area (TPSA) is 54.7 Å². The molecule has 3 heteroatoms. The van der Waals surface area contributed by atoms with E-state index in [0.717, 1.165) is 24.2 Å². The van der Waals surface area contributed by atoms with Crippen molar-refractivity contribution < 1.29 is 0 Å². The summed E-state index contributed by atoms with van der Waals surface area (Å²) in [6.45, 7) is 7.19. The summed E-state index contributed by atoms with van der Waals surface area (Å²) in [7, 11) is 0. The van der Waals surface area contributed by atoms with Crippen LogP contribution >= 0.6 is 0 Å². The largest absolute Gasteiger partial charge is 0.397 e. The molecule has 1 heterocycles. The first kappa shape index (κ1) is 15.2. The van der Waals surface area contributed by atoms with Crippen LogP contribution < -0.4 is 5.73 Å². The molecule has 2 rings (SSSR count). The Balaban J connectivity index is 2.34. The van der Waals surface area contributed by atoms with Gasteiger partial charge in [-0.25, -0.2) is 0 Å². The van der Waals surface area contributed by atoms with Crippen molar-refractivity contribution in [1.82, 2.24) is 4.57 Å². The normalized spacial score (nSPS) is 10.8. The number of anilines is 1. The molecule has 0 radical (unpaired) electrons. The summed E-state index contributed by atoms with van der Waals surface area (Å²) in [4.78, 5) is 0. The molecule has 0 atom stereocenters. The van der Waals surface area contributed by atoms with E-state index in [4.69, 9.17) is 5.73 Å². The molecule has 1 aromatic carbocycles. The van der Waals surface area contributed by atoms with Gasteiger partial charge in [0.05, 0.1) is 5.69 Å². The predicted molar refractivity (Wildman–Crippen MR) is 87.0 cm³/mol. The van der Waals surface area contributed by atoms with Crippen molar-refractivity contribution in [3.8, 4) is 6.07 Å². The van der Waals surface area contributed by atoms with Gasteiger partial charge in [-0.05, 0) is 37.3 Å². The lowest BCUT2D eigenvalue weighted by Crippen LogP contribution is -2.09. The number of nitrogens with zero attached hydrogens (tertiary/aromatic N) is 2. The smallest absolute Gasteiger partial charge is 0.122 e. The first-order valence-electron chi connectivity index (χ1n) is 7.44. The zero-order valence-corrected chi connectivity index (χ0v) is 13.1. The molecular weight excluding hydrogens is 258 g/mol. The summed E-state index contributed by atoms with van der Waals surface area (Å²) in [5.41, 5.74) is 11.0. The summed E-state index contributed by atoms with van der Waals surface area (Å²) in [5, 5.41) is 9.34. The van der Waals surface area contributed by atoms with E-state index in [1.54, 1.807) is 6.07 Å². The highest BCUT2D eigenvalue weighted by molar-refractivity contribution is 5.51. The van der Waals surface area contributed by atoms with Gasteiger partial charge in [-0.2, -0.15) is 5.26 Å². The third kappa shape index (κ3) is 3.66. The van der Waals surface area contributed by atoms with Crippen molar-refractivity contribution in [1.29, 1.82) is 5.26 Å². The standard InChI is InChI=1S/C18H23N3/c1-13(2)7-8-18-17(20)10-16(11-19)21(18)12-15-6-4-5-14(3)9-15/h4-6,9-10,13H,7-8,12,20H2,1-3H3. The average molecular weight is 281 g/mol. The third-order valence-electron chi connectivity index (χ3n) is 3.74. The molecule has 0 saturated heterocycles. The van der Waals surface area contributed by atoms with Gasteiger partial charge in [0.15, 0.2) is 0 Å². The van der Waals surface area contributed by atoms with Crippen molar-refractivity contribution in [3.05, 3.63) is 52.8 Å². The summed E-state index contributed by atoms with van der Waals surface area (Å²) < 4.78 is 2.06. The molecule has 21 heavy (non-hydrogen) atoms. The first-order chi connectivity index (χ1) is 10.0. The lowest BCUT2D eigenvalue weighted by Gasteiger charge is -2.13. The molecule has 0 saturated carbocycles. The molecular formula is C18H23N3. The molecule has 0 aliphatic rings. The van der Waals surface area contributed by atoms with Crippen LogP contribution in [0.15, 0.2) is 30.3 Å². The molecule has 0 aliphatic heterocycles. The quantitative estimate of drug-likeness (QED) is 0.904. The Bertz CT molecular complexity index is 660. The molecule has 0 spiro atoms. The summed E-state index contributed by atoms with van der Waals surface area (Å²) in [5.74, 6) is 0.622. The fourth-order valence-corrected chi connectivity index (χ4v) is 2.58. The van der Waals surface area contributed by atoms with E-state index in [-0.39, 0.29) is 0 Å². The van der Waals surface area contributed by atoms with E-state index in [9.17, 15) is 5.26 Å². The number of nitriles is 1. The van der Waals surface area contributed by atoms with Crippen molar-refractivity contribution in [3.63, 3.8) is 0 Å². The molecule has 1 aromatic heterocycles. The van der Waals surface area contributed by atoms with E-state index < -0.39 is 0 Å². The molecule has 110 valence electrons. The minimum atomic E-state index is 0.622. The maximum absolute atomic E-state index is 9.34. The van der Waals surface area contributed by atoms with E-state index in [1.807, 2.05) is 0 Å². The van der Waals surface area contributed by atoms with Crippen LogP contribution in [0.25, 0.3) is 0 Å². The second kappa shape index (κ2) is 6.49. The maximum Gasteiger partial charge on any atom is 0.122 e. The zero-order chi connectivity index (χ0) is 15.4. The Morgan fingerprint density at radius 3 is 2.67 bits per heavy atom. The van der Waals surface area contributed by atoms with Gasteiger partial charge in [0.2, 0.25) is 0 Å². The lowest BCUT2D eigenvalue weighted by molar-refractivity contribution is 0.568. The molecule has 2 aromatic rings. The summed E-state index contributed by atoms with van der Waals surface area (Å²) >= 11 is 0. The van der Waals surface area contributed by atoms with E-state index in [0.29, 0.717) is 18.2 Å². The SMILES string of the molecule is Cc1cccc(Cn2c(C#N)cc(N)c2CCC(C)C)c1. The number of aryl methyl sites for hydroxylation is 1. The molecule has 0 unspecified atom stereocenters. The number of hydrogen-bond acceptors (Lipinski definition) is 2. The highest BCUT2D eigenvalue weighted by Gasteiger charge is 2.14. The maximum atomic E-state index is 9.34. The van der Waals surface area contributed by atoms with Crippen molar-refractivity contribution in [2.24, 2.45) is 5.92 Å². The van der Waals surface area contributed by atoms with E-state index in [1.165, 1.54) is 11.1 Å². The van der Waals surface area contributed by atoms with Gasteiger partial charge in [-0.15, -0.1) is 0 Å². The van der Waals surface area contributed by atoms with Gasteiger partial charge in [-0.3, -0.25) is 0 Å². The number of hydrogen-bond donors (Lipinski definition) is 1. The fourth-order valence-electron chi connectivity index (χ4n) is 2.58. The Labute approximate surface area is 127 Å². The van der Waals surface area contributed by atoms with Crippen LogP contribution in [0, 0.1) is 24.2 Å². The molecule has 0 fully saturated rings. The number of benzene rings is 1. The highest BCUT2D eigenvalue weighted by atomic mass is 15.0. The second-order valence-corrected chi connectivity index (χ2v) is 6.05. The Hall–Kier alpha value is -2.21. The number of aromatic nitrogens is 1. The Morgan fingerprint density at radius 2 is 2.05 bits per heavy atom. The number of rotatable bonds is 5. The Kier molecular flexibility index (Phi) is 4.70. The van der Waals surface area contributed by atoms with Crippen LogP contribution in [0.2, 0.25) is 0 Å². The van der Waals surface area contributed by atoms with Crippen molar-refractivity contribution >= 4 is 5.69 Å². The Morgan fingerprint density at radius 1 is 1.29 bits per heavy atom. The summed E-state index contributed by atoms with van der Waals surface area (Å²) in [6.07, 6.45) is 1.99. The van der Waals surface area contributed by atoms with Crippen LogP contribution in [-0.2, 0) is 13.0 Å². The minimum Gasteiger partial charge on any atom is -0.397 e.